The number of fused-ring (bicyclic) bond motifs is 1. The molecule has 0 spiro atoms. The van der Waals surface area contributed by atoms with Gasteiger partial charge in [0.2, 0.25) is 20.0 Å². The fourth-order valence-corrected chi connectivity index (χ4v) is 6.60. The standard InChI is InChI=1S/C29H32ClN3O7S2/c1-19-17-22(18-20(2)27(19)30)40-15-6-8-25-24-7-4-5-9-26(24)32-28(25)29(34)33-41(35,36)16-14-31-42(37,38)23-12-10-21(39-3)11-13-23/h4-5,7,9-13,17-18,31-32H,6,8,14-16H2,1-3H3,(H,33,34). The number of amides is 1. The molecule has 42 heavy (non-hydrogen) atoms. The maximum absolute atomic E-state index is 13.1. The zero-order chi connectivity index (χ0) is 30.5. The number of aromatic nitrogens is 1. The molecule has 1 aromatic heterocycles. The van der Waals surface area contributed by atoms with E-state index >= 15 is 0 Å². The summed E-state index contributed by atoms with van der Waals surface area (Å²) in [6.07, 6.45) is 1.00. The number of H-pyrrole nitrogens is 1. The van der Waals surface area contributed by atoms with Crippen LogP contribution in [0.1, 0.15) is 33.6 Å². The number of benzene rings is 3. The average Bonchev–Trinajstić information content (AvgIpc) is 3.32. The Labute approximate surface area is 250 Å². The van der Waals surface area contributed by atoms with Crippen LogP contribution in [0, 0.1) is 13.8 Å². The highest BCUT2D eigenvalue weighted by atomic mass is 35.5. The molecular formula is C29H32ClN3O7S2. The smallest absolute Gasteiger partial charge is 0.281 e. The molecule has 224 valence electrons. The lowest BCUT2D eigenvalue weighted by Crippen LogP contribution is -2.37. The van der Waals surface area contributed by atoms with Crippen LogP contribution < -0.4 is 18.9 Å². The Morgan fingerprint density at radius 3 is 2.29 bits per heavy atom. The number of aromatic amines is 1. The highest BCUT2D eigenvalue weighted by Crippen LogP contribution is 2.27. The number of sulfonamides is 2. The van der Waals surface area contributed by atoms with E-state index in [9.17, 15) is 21.6 Å². The van der Waals surface area contributed by atoms with E-state index in [4.69, 9.17) is 21.1 Å². The molecule has 0 aliphatic rings. The van der Waals surface area contributed by atoms with Crippen LogP contribution in [0.25, 0.3) is 10.9 Å². The SMILES string of the molecule is COc1ccc(S(=O)(=O)NCCS(=O)(=O)NC(=O)c2[nH]c3ccccc3c2CCCOc2cc(C)c(Cl)c(C)c2)cc1. The lowest BCUT2D eigenvalue weighted by atomic mass is 10.1. The molecule has 13 heteroatoms. The summed E-state index contributed by atoms with van der Waals surface area (Å²) in [7, 11) is -6.68. The molecule has 0 aliphatic heterocycles. The lowest BCUT2D eigenvalue weighted by molar-refractivity contribution is 0.0976. The molecule has 0 bridgehead atoms. The van der Waals surface area contributed by atoms with Gasteiger partial charge in [-0.2, -0.15) is 0 Å². The second-order valence-electron chi connectivity index (χ2n) is 9.67. The van der Waals surface area contributed by atoms with Crippen LogP contribution in [-0.2, 0) is 26.5 Å². The average molecular weight is 634 g/mol. The van der Waals surface area contributed by atoms with Crippen molar-refractivity contribution in [3.05, 3.63) is 88.1 Å². The van der Waals surface area contributed by atoms with Crippen LogP contribution in [0.4, 0.5) is 0 Å². The fraction of sp³-hybridized carbons (Fsp3) is 0.276. The first-order valence-corrected chi connectivity index (χ1v) is 16.6. The van der Waals surface area contributed by atoms with Crippen molar-refractivity contribution in [1.29, 1.82) is 0 Å². The molecule has 4 rings (SSSR count). The van der Waals surface area contributed by atoms with Crippen molar-refractivity contribution in [3.8, 4) is 11.5 Å². The minimum Gasteiger partial charge on any atom is -0.497 e. The summed E-state index contributed by atoms with van der Waals surface area (Å²) in [6, 6.07) is 16.7. The summed E-state index contributed by atoms with van der Waals surface area (Å²) in [5.74, 6) is -0.295. The quantitative estimate of drug-likeness (QED) is 0.184. The molecule has 0 saturated heterocycles. The zero-order valence-electron chi connectivity index (χ0n) is 23.4. The molecule has 1 amide bonds. The number of carbonyl (C=O) groups excluding carboxylic acids is 1. The third-order valence-electron chi connectivity index (χ3n) is 6.57. The molecule has 0 unspecified atom stereocenters. The second kappa shape index (κ2) is 13.2. The van der Waals surface area contributed by atoms with Crippen molar-refractivity contribution in [2.45, 2.75) is 31.6 Å². The molecule has 0 atom stereocenters. The largest absolute Gasteiger partial charge is 0.497 e. The van der Waals surface area contributed by atoms with Crippen molar-refractivity contribution < 1.29 is 31.1 Å². The second-order valence-corrected chi connectivity index (χ2v) is 13.7. The van der Waals surface area contributed by atoms with Gasteiger partial charge >= 0.3 is 0 Å². The van der Waals surface area contributed by atoms with Gasteiger partial charge in [0.1, 0.15) is 17.2 Å². The summed E-state index contributed by atoms with van der Waals surface area (Å²) in [5, 5.41) is 1.49. The number of ether oxygens (including phenoxy) is 2. The van der Waals surface area contributed by atoms with Crippen LogP contribution in [0.5, 0.6) is 11.5 Å². The first-order chi connectivity index (χ1) is 19.9. The zero-order valence-corrected chi connectivity index (χ0v) is 25.8. The van der Waals surface area contributed by atoms with Gasteiger partial charge in [-0.3, -0.25) is 4.79 Å². The molecule has 1 heterocycles. The number of nitrogens with one attached hydrogen (secondary N) is 3. The van der Waals surface area contributed by atoms with Gasteiger partial charge in [-0.1, -0.05) is 29.8 Å². The highest BCUT2D eigenvalue weighted by Gasteiger charge is 2.23. The predicted molar refractivity (Wildman–Crippen MR) is 162 cm³/mol. The molecule has 0 radical (unpaired) electrons. The number of hydrogen-bond donors (Lipinski definition) is 3. The maximum Gasteiger partial charge on any atom is 0.281 e. The number of hydrogen-bond acceptors (Lipinski definition) is 7. The van der Waals surface area contributed by atoms with Crippen molar-refractivity contribution in [1.82, 2.24) is 14.4 Å². The Balaban J connectivity index is 1.39. The van der Waals surface area contributed by atoms with Crippen molar-refractivity contribution in [2.24, 2.45) is 0 Å². The van der Waals surface area contributed by atoms with Gasteiger partial charge in [-0.15, -0.1) is 0 Å². The summed E-state index contributed by atoms with van der Waals surface area (Å²) in [5.41, 5.74) is 3.29. The molecule has 0 saturated carbocycles. The highest BCUT2D eigenvalue weighted by molar-refractivity contribution is 7.90. The fourth-order valence-electron chi connectivity index (χ4n) is 4.47. The normalized spacial score (nSPS) is 11.9. The van der Waals surface area contributed by atoms with Crippen LogP contribution in [0.2, 0.25) is 5.02 Å². The molecule has 3 N–H and O–H groups in total. The van der Waals surface area contributed by atoms with Gasteiger partial charge in [-0.25, -0.2) is 26.3 Å². The van der Waals surface area contributed by atoms with E-state index in [0.717, 1.165) is 16.5 Å². The van der Waals surface area contributed by atoms with Crippen LogP contribution in [-0.4, -0.2) is 53.7 Å². The molecule has 0 aliphatic carbocycles. The number of rotatable bonds is 13. The molecule has 0 fully saturated rings. The van der Waals surface area contributed by atoms with E-state index < -0.39 is 38.3 Å². The van der Waals surface area contributed by atoms with E-state index in [2.05, 4.69) is 14.4 Å². The van der Waals surface area contributed by atoms with E-state index in [1.165, 1.54) is 31.4 Å². The summed E-state index contributed by atoms with van der Waals surface area (Å²) >= 11 is 6.24. The topological polar surface area (TPSA) is 144 Å². The van der Waals surface area contributed by atoms with E-state index in [-0.39, 0.29) is 10.6 Å². The summed E-state index contributed by atoms with van der Waals surface area (Å²) in [6.45, 7) is 3.75. The van der Waals surface area contributed by atoms with Gasteiger partial charge < -0.3 is 14.5 Å². The van der Waals surface area contributed by atoms with Gasteiger partial charge in [0.25, 0.3) is 5.91 Å². The van der Waals surface area contributed by atoms with E-state index in [1.807, 2.05) is 44.2 Å². The van der Waals surface area contributed by atoms with Crippen molar-refractivity contribution in [2.75, 3.05) is 26.0 Å². The summed E-state index contributed by atoms with van der Waals surface area (Å²) < 4.78 is 65.7. The third kappa shape index (κ3) is 7.62. The van der Waals surface area contributed by atoms with Crippen LogP contribution in [0.15, 0.2) is 65.6 Å². The van der Waals surface area contributed by atoms with Crippen LogP contribution in [0.3, 0.4) is 0 Å². The number of aryl methyl sites for hydroxylation is 3. The van der Waals surface area contributed by atoms with Gasteiger partial charge in [0, 0.05) is 22.5 Å². The number of para-hydroxylation sites is 1. The Hall–Kier alpha value is -3.58. The number of halogens is 1. The van der Waals surface area contributed by atoms with Crippen LogP contribution >= 0.6 is 11.6 Å². The number of methoxy groups -OCH3 is 1. The van der Waals surface area contributed by atoms with Gasteiger partial charge in [-0.05, 0) is 85.8 Å². The van der Waals surface area contributed by atoms with Gasteiger partial charge in [0.15, 0.2) is 0 Å². The Bertz CT molecular complexity index is 1780. The maximum atomic E-state index is 13.1. The molecular weight excluding hydrogens is 602 g/mol. The van der Waals surface area contributed by atoms with Crippen molar-refractivity contribution in [3.63, 3.8) is 0 Å². The molecule has 3 aromatic carbocycles. The van der Waals surface area contributed by atoms with E-state index in [1.54, 1.807) is 6.07 Å². The summed E-state index contributed by atoms with van der Waals surface area (Å²) in [4.78, 5) is 16.1. The van der Waals surface area contributed by atoms with E-state index in [0.29, 0.717) is 47.1 Å². The Morgan fingerprint density at radius 2 is 1.62 bits per heavy atom. The van der Waals surface area contributed by atoms with Crippen molar-refractivity contribution >= 4 is 48.5 Å². The Kier molecular flexibility index (Phi) is 9.82. The third-order valence-corrected chi connectivity index (χ3v) is 9.88. The lowest BCUT2D eigenvalue weighted by Gasteiger charge is -2.11. The minimum absolute atomic E-state index is 0.0437. The predicted octanol–water partition coefficient (Wildman–Crippen LogP) is 4.50. The minimum atomic E-state index is -4.17. The molecule has 10 nitrogen and oxygen atoms in total. The number of carbonyl (C=O) groups is 1. The van der Waals surface area contributed by atoms with Gasteiger partial charge in [0.05, 0.1) is 24.4 Å². The molecule has 4 aromatic rings. The first-order valence-electron chi connectivity index (χ1n) is 13.1. The Morgan fingerprint density at radius 1 is 0.952 bits per heavy atom. The first kappa shape index (κ1) is 31.4. The monoisotopic (exact) mass is 633 g/mol.